The number of benzene rings is 1. The molecule has 3 nitrogen and oxygen atoms in total. The van der Waals surface area contributed by atoms with Gasteiger partial charge in [-0.25, -0.2) is 4.39 Å². The van der Waals surface area contributed by atoms with Gasteiger partial charge in [0.15, 0.2) is 0 Å². The van der Waals surface area contributed by atoms with Crippen LogP contribution in [0.15, 0.2) is 29.3 Å². The van der Waals surface area contributed by atoms with Crippen molar-refractivity contribution in [3.63, 3.8) is 0 Å². The summed E-state index contributed by atoms with van der Waals surface area (Å²) in [5.74, 6) is 1.48. The van der Waals surface area contributed by atoms with E-state index in [2.05, 4.69) is 5.32 Å². The molecular weight excluding hydrogens is 241 g/mol. The van der Waals surface area contributed by atoms with Crippen molar-refractivity contribution in [2.75, 3.05) is 6.54 Å². The average Bonchev–Trinajstić information content (AvgIpc) is 2.82. The second-order valence-electron chi connectivity index (χ2n) is 5.61. The van der Waals surface area contributed by atoms with Crippen molar-refractivity contribution >= 4 is 5.84 Å². The highest BCUT2D eigenvalue weighted by molar-refractivity contribution is 5.86. The second-order valence-corrected chi connectivity index (χ2v) is 5.61. The highest BCUT2D eigenvalue weighted by Crippen LogP contribution is 2.29. The number of nitrogens with two attached hydrogens (primary N) is 1. The number of hydrogen-bond donors (Lipinski definition) is 2. The minimum Gasteiger partial charge on any atom is -0.369 e. The van der Waals surface area contributed by atoms with E-state index in [1.165, 1.54) is 18.6 Å². The highest BCUT2D eigenvalue weighted by atomic mass is 19.1. The normalized spacial score (nSPS) is 29.6. The third-order valence-electron chi connectivity index (χ3n) is 4.21. The number of rotatable bonds is 3. The summed E-state index contributed by atoms with van der Waals surface area (Å²) in [6.07, 6.45) is 4.21. The Balaban J connectivity index is 1.63. The zero-order valence-corrected chi connectivity index (χ0v) is 11.0. The van der Waals surface area contributed by atoms with Crippen molar-refractivity contribution in [3.8, 4) is 0 Å². The average molecular weight is 261 g/mol. The lowest BCUT2D eigenvalue weighted by Gasteiger charge is -2.29. The van der Waals surface area contributed by atoms with Gasteiger partial charge < -0.3 is 11.1 Å². The fourth-order valence-corrected chi connectivity index (χ4v) is 3.11. The Kier molecular flexibility index (Phi) is 3.51. The van der Waals surface area contributed by atoms with Crippen molar-refractivity contribution in [1.29, 1.82) is 0 Å². The fourth-order valence-electron chi connectivity index (χ4n) is 3.11. The summed E-state index contributed by atoms with van der Waals surface area (Å²) in [6, 6.07) is 7.52. The first kappa shape index (κ1) is 12.6. The topological polar surface area (TPSA) is 50.4 Å². The summed E-state index contributed by atoms with van der Waals surface area (Å²) in [5.41, 5.74) is 6.86. The van der Waals surface area contributed by atoms with Crippen LogP contribution in [-0.2, 0) is 6.42 Å². The SMILES string of the molecule is NCC1CCC2N=C(Cc3ccc(F)cc3)NC2C1. The van der Waals surface area contributed by atoms with Gasteiger partial charge in [0.05, 0.1) is 6.04 Å². The molecule has 0 amide bonds. The lowest BCUT2D eigenvalue weighted by molar-refractivity contribution is 0.294. The molecule has 102 valence electrons. The van der Waals surface area contributed by atoms with Gasteiger partial charge in [0, 0.05) is 12.5 Å². The third kappa shape index (κ3) is 2.78. The van der Waals surface area contributed by atoms with Crippen molar-refractivity contribution in [1.82, 2.24) is 5.32 Å². The van der Waals surface area contributed by atoms with Crippen LogP contribution in [0.3, 0.4) is 0 Å². The van der Waals surface area contributed by atoms with Crippen LogP contribution in [0, 0.1) is 11.7 Å². The molecule has 1 saturated carbocycles. The fraction of sp³-hybridized carbons (Fsp3) is 0.533. The first-order valence-electron chi connectivity index (χ1n) is 7.02. The van der Waals surface area contributed by atoms with Crippen molar-refractivity contribution < 1.29 is 4.39 Å². The molecule has 0 spiro atoms. The van der Waals surface area contributed by atoms with E-state index in [1.54, 1.807) is 0 Å². The summed E-state index contributed by atoms with van der Waals surface area (Å²) in [6.45, 7) is 0.776. The van der Waals surface area contributed by atoms with E-state index in [4.69, 9.17) is 10.7 Å². The van der Waals surface area contributed by atoms with Gasteiger partial charge in [0.1, 0.15) is 11.7 Å². The summed E-state index contributed by atoms with van der Waals surface area (Å²) in [4.78, 5) is 4.77. The van der Waals surface area contributed by atoms with Gasteiger partial charge in [-0.05, 0) is 49.4 Å². The van der Waals surface area contributed by atoms with Crippen LogP contribution in [0.5, 0.6) is 0 Å². The van der Waals surface area contributed by atoms with Gasteiger partial charge in [0.2, 0.25) is 0 Å². The predicted molar refractivity (Wildman–Crippen MR) is 74.6 cm³/mol. The van der Waals surface area contributed by atoms with E-state index in [9.17, 15) is 4.39 Å². The van der Waals surface area contributed by atoms with E-state index in [0.29, 0.717) is 18.0 Å². The van der Waals surface area contributed by atoms with Crippen molar-refractivity contribution in [3.05, 3.63) is 35.6 Å². The highest BCUT2D eigenvalue weighted by Gasteiger charge is 2.34. The lowest BCUT2D eigenvalue weighted by atomic mass is 9.83. The molecule has 3 rings (SSSR count). The third-order valence-corrected chi connectivity index (χ3v) is 4.21. The van der Waals surface area contributed by atoms with Crippen LogP contribution in [0.1, 0.15) is 24.8 Å². The van der Waals surface area contributed by atoms with Gasteiger partial charge in [-0.3, -0.25) is 4.99 Å². The minimum atomic E-state index is -0.190. The Morgan fingerprint density at radius 3 is 2.79 bits per heavy atom. The zero-order valence-electron chi connectivity index (χ0n) is 11.0. The molecule has 0 radical (unpaired) electrons. The van der Waals surface area contributed by atoms with Crippen LogP contribution in [0.25, 0.3) is 0 Å². The van der Waals surface area contributed by atoms with Gasteiger partial charge in [-0.1, -0.05) is 12.1 Å². The molecule has 19 heavy (non-hydrogen) atoms. The Morgan fingerprint density at radius 1 is 1.26 bits per heavy atom. The van der Waals surface area contributed by atoms with Crippen LogP contribution in [0.4, 0.5) is 4.39 Å². The maximum absolute atomic E-state index is 12.9. The number of amidine groups is 1. The standard InChI is InChI=1S/C15H20FN3/c16-12-4-1-10(2-5-12)8-15-18-13-6-3-11(9-17)7-14(13)19-15/h1-2,4-5,11,13-14H,3,6-9,17H2,(H,18,19). The maximum Gasteiger partial charge on any atom is 0.123 e. The molecule has 1 aromatic carbocycles. The Bertz CT molecular complexity index is 469. The van der Waals surface area contributed by atoms with Crippen LogP contribution in [0.2, 0.25) is 0 Å². The first-order valence-corrected chi connectivity index (χ1v) is 7.02. The molecule has 1 fully saturated rings. The van der Waals surface area contributed by atoms with Crippen LogP contribution < -0.4 is 11.1 Å². The Labute approximate surface area is 113 Å². The molecule has 1 heterocycles. The lowest BCUT2D eigenvalue weighted by Crippen LogP contribution is -2.41. The molecule has 1 aromatic rings. The number of nitrogens with zero attached hydrogens (tertiary/aromatic N) is 1. The van der Waals surface area contributed by atoms with E-state index >= 15 is 0 Å². The van der Waals surface area contributed by atoms with Gasteiger partial charge in [0.25, 0.3) is 0 Å². The monoisotopic (exact) mass is 261 g/mol. The van der Waals surface area contributed by atoms with Gasteiger partial charge >= 0.3 is 0 Å². The van der Waals surface area contributed by atoms with Crippen molar-refractivity contribution in [2.24, 2.45) is 16.6 Å². The molecule has 1 aliphatic heterocycles. The van der Waals surface area contributed by atoms with Gasteiger partial charge in [-0.15, -0.1) is 0 Å². The maximum atomic E-state index is 12.9. The first-order chi connectivity index (χ1) is 9.24. The summed E-state index contributed by atoms with van der Waals surface area (Å²) >= 11 is 0. The Morgan fingerprint density at radius 2 is 2.05 bits per heavy atom. The van der Waals surface area contributed by atoms with E-state index in [1.807, 2.05) is 12.1 Å². The summed E-state index contributed by atoms with van der Waals surface area (Å²) in [7, 11) is 0. The predicted octanol–water partition coefficient (Wildman–Crippen LogP) is 1.87. The molecule has 0 bridgehead atoms. The Hall–Kier alpha value is -1.42. The summed E-state index contributed by atoms with van der Waals surface area (Å²) in [5, 5.41) is 3.52. The molecule has 2 aliphatic rings. The molecule has 3 N–H and O–H groups in total. The van der Waals surface area contributed by atoms with E-state index in [0.717, 1.165) is 37.2 Å². The smallest absolute Gasteiger partial charge is 0.123 e. The van der Waals surface area contributed by atoms with Crippen molar-refractivity contribution in [2.45, 2.75) is 37.8 Å². The molecule has 0 saturated heterocycles. The molecule has 1 aliphatic carbocycles. The molecule has 0 aromatic heterocycles. The summed E-state index contributed by atoms with van der Waals surface area (Å²) < 4.78 is 12.9. The number of aliphatic imine (C=N–C) groups is 1. The largest absolute Gasteiger partial charge is 0.369 e. The number of nitrogens with one attached hydrogen (secondary N) is 1. The molecular formula is C15H20FN3. The zero-order chi connectivity index (χ0) is 13.2. The second kappa shape index (κ2) is 5.29. The quantitative estimate of drug-likeness (QED) is 0.872. The molecule has 3 unspecified atom stereocenters. The number of fused-ring (bicyclic) bond motifs is 1. The number of halogens is 1. The van der Waals surface area contributed by atoms with Gasteiger partial charge in [-0.2, -0.15) is 0 Å². The number of hydrogen-bond acceptors (Lipinski definition) is 3. The molecule has 3 atom stereocenters. The van der Waals surface area contributed by atoms with E-state index in [-0.39, 0.29) is 5.82 Å². The van der Waals surface area contributed by atoms with E-state index < -0.39 is 0 Å². The van der Waals surface area contributed by atoms with Crippen LogP contribution >= 0.6 is 0 Å². The van der Waals surface area contributed by atoms with Crippen LogP contribution in [-0.4, -0.2) is 24.5 Å². The molecule has 4 heteroatoms. The minimum absolute atomic E-state index is 0.190.